The Bertz CT molecular complexity index is 1050. The standard InChI is InChI=1S/C22H25BrN2O5S/c1-2-30-22(27)16-10-12-25(13-11-16)31(28,29)18-7-5-6-17(14-18)21(26)15-24-20-9-4-3-8-19(20)23/h3-9,14,16,24H,2,10-13,15H2,1H3. The molecule has 0 atom stereocenters. The van der Waals surface area contributed by atoms with Crippen LogP contribution in [0.2, 0.25) is 0 Å². The molecule has 0 aromatic heterocycles. The largest absolute Gasteiger partial charge is 0.466 e. The molecule has 1 aliphatic rings. The second-order valence-electron chi connectivity index (χ2n) is 7.21. The molecule has 2 aromatic rings. The Labute approximate surface area is 191 Å². The van der Waals surface area contributed by atoms with Gasteiger partial charge in [0.25, 0.3) is 0 Å². The summed E-state index contributed by atoms with van der Waals surface area (Å²) < 4.78 is 33.4. The second kappa shape index (κ2) is 10.4. The van der Waals surface area contributed by atoms with Crippen LogP contribution >= 0.6 is 15.9 Å². The molecule has 0 saturated carbocycles. The number of anilines is 1. The maximum Gasteiger partial charge on any atom is 0.309 e. The molecule has 1 fully saturated rings. The van der Waals surface area contributed by atoms with E-state index in [1.807, 2.05) is 24.3 Å². The topological polar surface area (TPSA) is 92.8 Å². The maximum absolute atomic E-state index is 13.1. The van der Waals surface area contributed by atoms with Crippen LogP contribution in [0.15, 0.2) is 57.9 Å². The van der Waals surface area contributed by atoms with Gasteiger partial charge in [-0.1, -0.05) is 24.3 Å². The molecule has 3 rings (SSSR count). The van der Waals surface area contributed by atoms with E-state index in [1.54, 1.807) is 19.1 Å². The summed E-state index contributed by atoms with van der Waals surface area (Å²) in [5.74, 6) is -0.763. The van der Waals surface area contributed by atoms with Gasteiger partial charge in [-0.2, -0.15) is 4.31 Å². The van der Waals surface area contributed by atoms with Crippen molar-refractivity contribution in [2.45, 2.75) is 24.7 Å². The van der Waals surface area contributed by atoms with Crippen molar-refractivity contribution in [2.75, 3.05) is 31.6 Å². The lowest BCUT2D eigenvalue weighted by Gasteiger charge is -2.30. The van der Waals surface area contributed by atoms with Gasteiger partial charge < -0.3 is 10.1 Å². The highest BCUT2D eigenvalue weighted by atomic mass is 79.9. The van der Waals surface area contributed by atoms with Crippen molar-refractivity contribution < 1.29 is 22.7 Å². The molecule has 0 spiro atoms. The number of nitrogens with zero attached hydrogens (tertiary/aromatic N) is 1. The summed E-state index contributed by atoms with van der Waals surface area (Å²) in [4.78, 5) is 24.6. The van der Waals surface area contributed by atoms with Gasteiger partial charge in [0, 0.05) is 28.8 Å². The minimum absolute atomic E-state index is 0.0387. The molecular weight excluding hydrogens is 484 g/mol. The van der Waals surface area contributed by atoms with Gasteiger partial charge in [0.2, 0.25) is 10.0 Å². The fourth-order valence-electron chi connectivity index (χ4n) is 3.45. The summed E-state index contributed by atoms with van der Waals surface area (Å²) >= 11 is 3.42. The van der Waals surface area contributed by atoms with Crippen molar-refractivity contribution in [3.63, 3.8) is 0 Å². The Balaban J connectivity index is 1.67. The van der Waals surface area contributed by atoms with E-state index in [0.717, 1.165) is 10.2 Å². The van der Waals surface area contributed by atoms with E-state index < -0.39 is 10.0 Å². The fraction of sp³-hybridized carbons (Fsp3) is 0.364. The molecule has 9 heteroatoms. The Morgan fingerprint density at radius 2 is 1.84 bits per heavy atom. The number of hydrogen-bond acceptors (Lipinski definition) is 6. The molecule has 1 aliphatic heterocycles. The number of carbonyl (C=O) groups is 2. The number of sulfonamides is 1. The predicted octanol–water partition coefficient (Wildman–Crippen LogP) is 3.71. The number of para-hydroxylation sites is 1. The molecule has 2 aromatic carbocycles. The Kier molecular flexibility index (Phi) is 7.85. The number of esters is 1. The third-order valence-electron chi connectivity index (χ3n) is 5.18. The molecule has 1 N–H and O–H groups in total. The minimum atomic E-state index is -3.75. The van der Waals surface area contributed by atoms with Crippen LogP contribution in [0.4, 0.5) is 5.69 Å². The minimum Gasteiger partial charge on any atom is -0.466 e. The summed E-state index contributed by atoms with van der Waals surface area (Å²) in [6.45, 7) is 2.59. The van der Waals surface area contributed by atoms with Gasteiger partial charge in [-0.15, -0.1) is 0 Å². The van der Waals surface area contributed by atoms with Crippen LogP contribution in [0.1, 0.15) is 30.1 Å². The van der Waals surface area contributed by atoms with E-state index in [4.69, 9.17) is 4.74 Å². The van der Waals surface area contributed by atoms with Crippen LogP contribution in [-0.2, 0) is 19.6 Å². The van der Waals surface area contributed by atoms with Gasteiger partial charge in [0.1, 0.15) is 0 Å². The first-order valence-electron chi connectivity index (χ1n) is 10.1. The quantitative estimate of drug-likeness (QED) is 0.431. The number of ketones is 1. The number of hydrogen-bond donors (Lipinski definition) is 1. The van der Waals surface area contributed by atoms with Crippen molar-refractivity contribution in [2.24, 2.45) is 5.92 Å². The van der Waals surface area contributed by atoms with Gasteiger partial charge in [0.05, 0.1) is 24.0 Å². The van der Waals surface area contributed by atoms with E-state index in [-0.39, 0.29) is 42.2 Å². The smallest absolute Gasteiger partial charge is 0.309 e. The van der Waals surface area contributed by atoms with E-state index in [2.05, 4.69) is 21.2 Å². The molecule has 0 radical (unpaired) electrons. The molecule has 0 bridgehead atoms. The van der Waals surface area contributed by atoms with Gasteiger partial charge >= 0.3 is 5.97 Å². The number of benzene rings is 2. The highest BCUT2D eigenvalue weighted by Crippen LogP contribution is 2.25. The van der Waals surface area contributed by atoms with Crippen molar-refractivity contribution >= 4 is 43.4 Å². The second-order valence-corrected chi connectivity index (χ2v) is 10.0. The van der Waals surface area contributed by atoms with E-state index >= 15 is 0 Å². The number of ether oxygens (including phenoxy) is 1. The molecule has 31 heavy (non-hydrogen) atoms. The monoisotopic (exact) mass is 508 g/mol. The molecule has 7 nitrogen and oxygen atoms in total. The van der Waals surface area contributed by atoms with Gasteiger partial charge in [-0.3, -0.25) is 9.59 Å². The number of rotatable bonds is 8. The zero-order valence-electron chi connectivity index (χ0n) is 17.2. The van der Waals surface area contributed by atoms with Crippen molar-refractivity contribution in [1.29, 1.82) is 0 Å². The number of Topliss-reactive ketones (excluding diaryl/α,β-unsaturated/α-hetero) is 1. The lowest BCUT2D eigenvalue weighted by Crippen LogP contribution is -2.40. The molecule has 0 aliphatic carbocycles. The fourth-order valence-corrected chi connectivity index (χ4v) is 5.39. The zero-order chi connectivity index (χ0) is 22.4. The molecule has 1 heterocycles. The van der Waals surface area contributed by atoms with E-state index in [9.17, 15) is 18.0 Å². The number of carbonyl (C=O) groups excluding carboxylic acids is 2. The van der Waals surface area contributed by atoms with E-state index in [1.165, 1.54) is 16.4 Å². The number of halogens is 1. The third-order valence-corrected chi connectivity index (χ3v) is 7.77. The van der Waals surface area contributed by atoms with Crippen LogP contribution in [0, 0.1) is 5.92 Å². The Morgan fingerprint density at radius 1 is 1.13 bits per heavy atom. The first-order valence-corrected chi connectivity index (χ1v) is 12.3. The van der Waals surface area contributed by atoms with Crippen molar-refractivity contribution in [1.82, 2.24) is 4.31 Å². The molecule has 0 unspecified atom stereocenters. The van der Waals surface area contributed by atoms with Crippen LogP contribution in [-0.4, -0.2) is 50.7 Å². The maximum atomic E-state index is 13.1. The van der Waals surface area contributed by atoms with E-state index in [0.29, 0.717) is 25.0 Å². The molecular formula is C22H25BrN2O5S. The predicted molar refractivity (Wildman–Crippen MR) is 122 cm³/mol. The summed E-state index contributed by atoms with van der Waals surface area (Å²) in [5, 5.41) is 3.06. The lowest BCUT2D eigenvalue weighted by molar-refractivity contribution is -0.149. The first-order chi connectivity index (χ1) is 14.8. The highest BCUT2D eigenvalue weighted by Gasteiger charge is 2.33. The van der Waals surface area contributed by atoms with Crippen LogP contribution < -0.4 is 5.32 Å². The molecule has 1 saturated heterocycles. The Hall–Kier alpha value is -2.23. The first kappa shape index (κ1) is 23.4. The van der Waals surface area contributed by atoms with Crippen LogP contribution in [0.5, 0.6) is 0 Å². The number of nitrogens with one attached hydrogen (secondary N) is 1. The summed E-state index contributed by atoms with van der Waals surface area (Å²) in [6, 6.07) is 13.5. The number of piperidine rings is 1. The normalized spacial score (nSPS) is 15.4. The van der Waals surface area contributed by atoms with Crippen LogP contribution in [0.25, 0.3) is 0 Å². The molecule has 166 valence electrons. The Morgan fingerprint density at radius 3 is 2.52 bits per heavy atom. The average molecular weight is 509 g/mol. The highest BCUT2D eigenvalue weighted by molar-refractivity contribution is 9.10. The SMILES string of the molecule is CCOC(=O)C1CCN(S(=O)(=O)c2cccc(C(=O)CNc3ccccc3Br)c2)CC1. The third kappa shape index (κ3) is 5.72. The molecule has 0 amide bonds. The van der Waals surface area contributed by atoms with Gasteiger partial charge in [0.15, 0.2) is 5.78 Å². The van der Waals surface area contributed by atoms with Crippen molar-refractivity contribution in [3.8, 4) is 0 Å². The van der Waals surface area contributed by atoms with Crippen LogP contribution in [0.3, 0.4) is 0 Å². The summed E-state index contributed by atoms with van der Waals surface area (Å²) in [6.07, 6.45) is 0.846. The summed E-state index contributed by atoms with van der Waals surface area (Å²) in [5.41, 5.74) is 1.10. The summed E-state index contributed by atoms with van der Waals surface area (Å²) in [7, 11) is -3.75. The van der Waals surface area contributed by atoms with Crippen molar-refractivity contribution in [3.05, 3.63) is 58.6 Å². The van der Waals surface area contributed by atoms with Gasteiger partial charge in [-0.05, 0) is 60.0 Å². The lowest BCUT2D eigenvalue weighted by atomic mass is 9.98. The zero-order valence-corrected chi connectivity index (χ0v) is 19.6. The van der Waals surface area contributed by atoms with Gasteiger partial charge in [-0.25, -0.2) is 8.42 Å². The average Bonchev–Trinajstić information content (AvgIpc) is 2.78.